The van der Waals surface area contributed by atoms with Crippen molar-refractivity contribution in [2.45, 2.75) is 38.6 Å². The Kier molecular flexibility index (Phi) is 4.29. The van der Waals surface area contributed by atoms with Gasteiger partial charge in [-0.1, -0.05) is 18.5 Å². The van der Waals surface area contributed by atoms with Crippen LogP contribution in [0.3, 0.4) is 0 Å². The summed E-state index contributed by atoms with van der Waals surface area (Å²) in [5, 5.41) is 5.88. The third kappa shape index (κ3) is 2.95. The maximum atomic E-state index is 14.4. The number of hydrogen-bond donors (Lipinski definition) is 2. The molecule has 3 aromatic heterocycles. The number of rotatable bonds is 3. The van der Waals surface area contributed by atoms with E-state index in [1.807, 2.05) is 17.8 Å². The highest BCUT2D eigenvalue weighted by Gasteiger charge is 2.41. The zero-order chi connectivity index (χ0) is 21.3. The van der Waals surface area contributed by atoms with E-state index in [1.165, 1.54) is 31.7 Å². The summed E-state index contributed by atoms with van der Waals surface area (Å²) in [6.07, 6.45) is 9.06. The lowest BCUT2D eigenvalue weighted by atomic mass is 9.62. The van der Waals surface area contributed by atoms with Gasteiger partial charge in [-0.15, -0.1) is 0 Å². The molecule has 3 saturated carbocycles. The number of fused-ring (bicyclic) bond motifs is 5. The molecule has 1 aromatic carbocycles. The first-order valence-electron chi connectivity index (χ1n) is 11.1. The first-order valence-corrected chi connectivity index (χ1v) is 11.4. The highest BCUT2D eigenvalue weighted by Crippen LogP contribution is 2.46. The van der Waals surface area contributed by atoms with Crippen molar-refractivity contribution >= 4 is 39.4 Å². The first-order chi connectivity index (χ1) is 15.0. The van der Waals surface area contributed by atoms with Crippen LogP contribution >= 0.6 is 11.6 Å². The van der Waals surface area contributed by atoms with Crippen LogP contribution in [0.15, 0.2) is 30.6 Å². The van der Waals surface area contributed by atoms with Gasteiger partial charge in [0.25, 0.3) is 0 Å². The molecule has 3 aliphatic rings. The highest BCUT2D eigenvalue weighted by molar-refractivity contribution is 6.31. The summed E-state index contributed by atoms with van der Waals surface area (Å²) in [4.78, 5) is 12.8. The van der Waals surface area contributed by atoms with Crippen molar-refractivity contribution in [2.24, 2.45) is 24.8 Å². The molecule has 160 valence electrons. The molecule has 0 saturated heterocycles. The standard InChI is InChI=1S/C24H25ClFN5/c1-12-13-3-5-14(6-4-13)20(12)28-22-16-7-8-31(2)24(16)30-23(29-22)18-11-27-21-17(18)9-15(25)10-19(21)26/h7-14,20,27H,3-6H2,1-2H3,(H,28,29,30). The number of H-pyrrole nitrogens is 1. The van der Waals surface area contributed by atoms with Crippen LogP contribution in [0, 0.1) is 23.6 Å². The summed E-state index contributed by atoms with van der Waals surface area (Å²) in [6, 6.07) is 5.57. The first kappa shape index (κ1) is 19.1. The fourth-order valence-corrected chi connectivity index (χ4v) is 6.07. The van der Waals surface area contributed by atoms with Gasteiger partial charge in [-0.05, 0) is 61.6 Å². The number of nitrogens with one attached hydrogen (secondary N) is 2. The minimum absolute atomic E-state index is 0.358. The second kappa shape index (κ2) is 6.95. The molecule has 2 bridgehead atoms. The Morgan fingerprint density at radius 3 is 2.68 bits per heavy atom. The Labute approximate surface area is 185 Å². The number of aryl methyl sites for hydroxylation is 1. The molecule has 2 atom stereocenters. The monoisotopic (exact) mass is 437 g/mol. The number of aromatic amines is 1. The summed E-state index contributed by atoms with van der Waals surface area (Å²) in [5.41, 5.74) is 2.03. The molecule has 2 unspecified atom stereocenters. The number of aromatic nitrogens is 4. The van der Waals surface area contributed by atoms with E-state index in [-0.39, 0.29) is 5.82 Å². The average molecular weight is 438 g/mol. The fraction of sp³-hybridized carbons (Fsp3) is 0.417. The van der Waals surface area contributed by atoms with Crippen LogP contribution < -0.4 is 5.32 Å². The summed E-state index contributed by atoms with van der Waals surface area (Å²) >= 11 is 6.14. The van der Waals surface area contributed by atoms with Crippen LogP contribution in [0.25, 0.3) is 33.3 Å². The van der Waals surface area contributed by atoms with Gasteiger partial charge in [-0.3, -0.25) is 0 Å². The predicted molar refractivity (Wildman–Crippen MR) is 123 cm³/mol. The van der Waals surface area contributed by atoms with Gasteiger partial charge in [0.15, 0.2) is 5.82 Å². The largest absolute Gasteiger partial charge is 0.366 e. The Morgan fingerprint density at radius 2 is 1.90 bits per heavy atom. The number of nitrogens with zero attached hydrogens (tertiary/aromatic N) is 3. The third-order valence-electron chi connectivity index (χ3n) is 7.61. The van der Waals surface area contributed by atoms with Crippen LogP contribution in [-0.2, 0) is 7.05 Å². The molecule has 3 fully saturated rings. The topological polar surface area (TPSA) is 58.5 Å². The van der Waals surface area contributed by atoms with E-state index < -0.39 is 0 Å². The van der Waals surface area contributed by atoms with Crippen molar-refractivity contribution < 1.29 is 4.39 Å². The van der Waals surface area contributed by atoms with Crippen molar-refractivity contribution in [2.75, 3.05) is 5.32 Å². The predicted octanol–water partition coefficient (Wildman–Crippen LogP) is 6.15. The van der Waals surface area contributed by atoms with Crippen LogP contribution in [-0.4, -0.2) is 25.6 Å². The smallest absolute Gasteiger partial charge is 0.166 e. The minimum atomic E-state index is -0.376. The molecule has 0 amide bonds. The Balaban J connectivity index is 1.49. The third-order valence-corrected chi connectivity index (χ3v) is 7.83. The molecule has 7 rings (SSSR count). The second-order valence-electron chi connectivity index (χ2n) is 9.28. The molecule has 4 aromatic rings. The average Bonchev–Trinajstić information content (AvgIpc) is 3.35. The Morgan fingerprint density at radius 1 is 1.13 bits per heavy atom. The lowest BCUT2D eigenvalue weighted by molar-refractivity contribution is 0.0929. The SMILES string of the molecule is CC1C2CCC(CC2)C1Nc1nc(-c2c[nH]c3c(F)cc(Cl)cc23)nc2c1ccn2C. The molecule has 5 nitrogen and oxygen atoms in total. The zero-order valence-corrected chi connectivity index (χ0v) is 18.4. The maximum Gasteiger partial charge on any atom is 0.166 e. The van der Waals surface area contributed by atoms with Crippen LogP contribution in [0.4, 0.5) is 10.2 Å². The van der Waals surface area contributed by atoms with E-state index in [0.717, 1.165) is 28.3 Å². The molecule has 3 aliphatic carbocycles. The number of benzene rings is 1. The van der Waals surface area contributed by atoms with Crippen molar-refractivity contribution in [3.63, 3.8) is 0 Å². The van der Waals surface area contributed by atoms with Crippen LogP contribution in [0.1, 0.15) is 32.6 Å². The van der Waals surface area contributed by atoms with Gasteiger partial charge in [0, 0.05) is 41.5 Å². The number of anilines is 1. The van der Waals surface area contributed by atoms with E-state index >= 15 is 0 Å². The molecule has 3 heterocycles. The van der Waals surface area contributed by atoms with Gasteiger partial charge in [-0.2, -0.15) is 0 Å². The van der Waals surface area contributed by atoms with Gasteiger partial charge in [-0.25, -0.2) is 14.4 Å². The summed E-state index contributed by atoms with van der Waals surface area (Å²) < 4.78 is 16.4. The van der Waals surface area contributed by atoms with Gasteiger partial charge in [0.1, 0.15) is 17.3 Å². The lowest BCUT2D eigenvalue weighted by Crippen LogP contribution is -2.47. The second-order valence-corrected chi connectivity index (χ2v) is 9.71. The quantitative estimate of drug-likeness (QED) is 0.404. The van der Waals surface area contributed by atoms with Crippen molar-refractivity contribution in [1.82, 2.24) is 19.5 Å². The van der Waals surface area contributed by atoms with E-state index in [2.05, 4.69) is 23.3 Å². The summed E-state index contributed by atoms with van der Waals surface area (Å²) in [5.74, 6) is 3.18. The molecule has 0 aliphatic heterocycles. The molecule has 0 radical (unpaired) electrons. The molecule has 7 heteroatoms. The molecule has 2 N–H and O–H groups in total. The highest BCUT2D eigenvalue weighted by atomic mass is 35.5. The van der Waals surface area contributed by atoms with Crippen molar-refractivity contribution in [3.05, 3.63) is 41.4 Å². The normalized spacial score (nSPS) is 25.5. The van der Waals surface area contributed by atoms with Gasteiger partial charge >= 0.3 is 0 Å². The van der Waals surface area contributed by atoms with Gasteiger partial charge < -0.3 is 14.9 Å². The Bertz CT molecular complexity index is 1300. The fourth-order valence-electron chi connectivity index (χ4n) is 5.87. The minimum Gasteiger partial charge on any atom is -0.366 e. The van der Waals surface area contributed by atoms with Crippen molar-refractivity contribution in [3.8, 4) is 11.4 Å². The zero-order valence-electron chi connectivity index (χ0n) is 17.6. The molecule has 0 spiro atoms. The van der Waals surface area contributed by atoms with Gasteiger partial charge in [0.2, 0.25) is 0 Å². The van der Waals surface area contributed by atoms with Crippen molar-refractivity contribution in [1.29, 1.82) is 0 Å². The number of halogens is 2. The van der Waals surface area contributed by atoms with E-state index in [4.69, 9.17) is 21.6 Å². The molecule has 31 heavy (non-hydrogen) atoms. The van der Waals surface area contributed by atoms with Gasteiger partial charge in [0.05, 0.1) is 10.9 Å². The van der Waals surface area contributed by atoms with Crippen LogP contribution in [0.5, 0.6) is 0 Å². The maximum absolute atomic E-state index is 14.4. The summed E-state index contributed by atoms with van der Waals surface area (Å²) in [7, 11) is 1.99. The molecular formula is C24H25ClFN5. The van der Waals surface area contributed by atoms with Crippen LogP contribution in [0.2, 0.25) is 5.02 Å². The Hall–Kier alpha value is -2.60. The van der Waals surface area contributed by atoms with E-state index in [9.17, 15) is 4.39 Å². The number of hydrogen-bond acceptors (Lipinski definition) is 3. The lowest BCUT2D eigenvalue weighted by Gasteiger charge is -2.47. The molecular weight excluding hydrogens is 413 g/mol. The van der Waals surface area contributed by atoms with E-state index in [1.54, 1.807) is 12.3 Å². The van der Waals surface area contributed by atoms with E-state index in [0.29, 0.717) is 39.6 Å². The summed E-state index contributed by atoms with van der Waals surface area (Å²) in [6.45, 7) is 2.38.